The molecule has 0 saturated heterocycles. The van der Waals surface area contributed by atoms with Crippen molar-refractivity contribution in [3.05, 3.63) is 41.3 Å². The molecule has 2 aromatic rings. The maximum absolute atomic E-state index is 12.8. The zero-order valence-electron chi connectivity index (χ0n) is 10.7. The second-order valence-electron chi connectivity index (χ2n) is 4.09. The summed E-state index contributed by atoms with van der Waals surface area (Å²) in [6, 6.07) is 5.93. The van der Waals surface area contributed by atoms with Crippen LogP contribution < -0.4 is 16.4 Å². The van der Waals surface area contributed by atoms with Gasteiger partial charge in [0.1, 0.15) is 16.7 Å². The number of rotatable bonds is 6. The van der Waals surface area contributed by atoms with Gasteiger partial charge in [0.25, 0.3) is 0 Å². The number of hydrogen-bond donors (Lipinski definition) is 3. The lowest BCUT2D eigenvalue weighted by atomic mass is 10.3. The monoisotopic (exact) mass is 295 g/mol. The highest BCUT2D eigenvalue weighted by Crippen LogP contribution is 2.21. The second-order valence-corrected chi connectivity index (χ2v) is 4.50. The molecule has 0 amide bonds. The standard InChI is InChI=1S/C13H15ClFN5/c14-11-8-18-13(20-12(11)17-7-1-6-16)19-10-4-2-9(15)3-5-10/h2-5,8H,1,6-7,16H2,(H2,17,18,19,20). The number of nitrogens with one attached hydrogen (secondary N) is 2. The maximum atomic E-state index is 12.8. The molecule has 1 heterocycles. The Morgan fingerprint density at radius 3 is 2.70 bits per heavy atom. The van der Waals surface area contributed by atoms with Gasteiger partial charge in [-0.1, -0.05) is 11.6 Å². The molecule has 0 bridgehead atoms. The van der Waals surface area contributed by atoms with E-state index >= 15 is 0 Å². The van der Waals surface area contributed by atoms with Crippen LogP contribution in [0, 0.1) is 5.82 Å². The molecule has 4 N–H and O–H groups in total. The number of nitrogens with two attached hydrogens (primary N) is 1. The summed E-state index contributed by atoms with van der Waals surface area (Å²) in [6.45, 7) is 1.28. The van der Waals surface area contributed by atoms with Gasteiger partial charge in [-0.2, -0.15) is 4.98 Å². The lowest BCUT2D eigenvalue weighted by Crippen LogP contribution is -2.10. The van der Waals surface area contributed by atoms with E-state index in [0.29, 0.717) is 35.6 Å². The molecule has 0 aliphatic heterocycles. The highest BCUT2D eigenvalue weighted by Gasteiger charge is 2.05. The lowest BCUT2D eigenvalue weighted by Gasteiger charge is -2.09. The van der Waals surface area contributed by atoms with E-state index in [-0.39, 0.29) is 5.82 Å². The van der Waals surface area contributed by atoms with Gasteiger partial charge in [0.05, 0.1) is 6.20 Å². The van der Waals surface area contributed by atoms with Gasteiger partial charge in [0, 0.05) is 12.2 Å². The van der Waals surface area contributed by atoms with E-state index in [4.69, 9.17) is 17.3 Å². The van der Waals surface area contributed by atoms with Gasteiger partial charge in [-0.3, -0.25) is 0 Å². The van der Waals surface area contributed by atoms with E-state index in [1.807, 2.05) is 0 Å². The fourth-order valence-corrected chi connectivity index (χ4v) is 1.68. The molecule has 0 aliphatic rings. The first kappa shape index (κ1) is 14.5. The van der Waals surface area contributed by atoms with Gasteiger partial charge in [-0.05, 0) is 37.2 Å². The van der Waals surface area contributed by atoms with Gasteiger partial charge >= 0.3 is 0 Å². The van der Waals surface area contributed by atoms with Gasteiger partial charge < -0.3 is 16.4 Å². The quantitative estimate of drug-likeness (QED) is 0.715. The van der Waals surface area contributed by atoms with Crippen molar-refractivity contribution in [1.29, 1.82) is 0 Å². The molecule has 0 unspecified atom stereocenters. The van der Waals surface area contributed by atoms with Crippen LogP contribution in [-0.2, 0) is 0 Å². The molecule has 0 saturated carbocycles. The van der Waals surface area contributed by atoms with Crippen LogP contribution in [0.2, 0.25) is 5.02 Å². The molecule has 7 heteroatoms. The summed E-state index contributed by atoms with van der Waals surface area (Å²) >= 11 is 6.00. The Hall–Kier alpha value is -1.92. The van der Waals surface area contributed by atoms with Crippen LogP contribution in [0.15, 0.2) is 30.5 Å². The molecule has 0 aliphatic carbocycles. The van der Waals surface area contributed by atoms with Gasteiger partial charge in [-0.15, -0.1) is 0 Å². The fourth-order valence-electron chi connectivity index (χ4n) is 1.52. The zero-order valence-corrected chi connectivity index (χ0v) is 11.5. The SMILES string of the molecule is NCCCNc1nc(Nc2ccc(F)cc2)ncc1Cl. The predicted molar refractivity (Wildman–Crippen MR) is 78.9 cm³/mol. The Morgan fingerprint density at radius 2 is 2.00 bits per heavy atom. The molecule has 0 atom stereocenters. The summed E-state index contributed by atoms with van der Waals surface area (Å²) in [5, 5.41) is 6.50. The highest BCUT2D eigenvalue weighted by molar-refractivity contribution is 6.32. The minimum absolute atomic E-state index is 0.295. The number of halogens is 2. The lowest BCUT2D eigenvalue weighted by molar-refractivity contribution is 0.628. The van der Waals surface area contributed by atoms with Gasteiger partial charge in [-0.25, -0.2) is 9.37 Å². The topological polar surface area (TPSA) is 75.9 Å². The van der Waals surface area contributed by atoms with Crippen LogP contribution in [-0.4, -0.2) is 23.1 Å². The molecule has 1 aromatic carbocycles. The van der Waals surface area contributed by atoms with E-state index in [2.05, 4.69) is 20.6 Å². The smallest absolute Gasteiger partial charge is 0.229 e. The van der Waals surface area contributed by atoms with E-state index in [1.54, 1.807) is 12.1 Å². The minimum atomic E-state index is -0.295. The molecule has 2 rings (SSSR count). The van der Waals surface area contributed by atoms with Crippen molar-refractivity contribution in [2.45, 2.75) is 6.42 Å². The number of aromatic nitrogens is 2. The maximum Gasteiger partial charge on any atom is 0.229 e. The number of nitrogens with zero attached hydrogens (tertiary/aromatic N) is 2. The first-order valence-electron chi connectivity index (χ1n) is 6.18. The summed E-state index contributed by atoms with van der Waals surface area (Å²) in [5.41, 5.74) is 6.12. The summed E-state index contributed by atoms with van der Waals surface area (Å²) in [5.74, 6) is 0.632. The van der Waals surface area contributed by atoms with Crippen LogP contribution in [0.4, 0.5) is 21.8 Å². The molecule has 0 fully saturated rings. The van der Waals surface area contributed by atoms with Gasteiger partial charge in [0.2, 0.25) is 5.95 Å². The summed E-state index contributed by atoms with van der Waals surface area (Å²) in [7, 11) is 0. The van der Waals surface area contributed by atoms with E-state index < -0.39 is 0 Å². The molecule has 1 aromatic heterocycles. The minimum Gasteiger partial charge on any atom is -0.369 e. The van der Waals surface area contributed by atoms with Crippen molar-refractivity contribution in [2.75, 3.05) is 23.7 Å². The Morgan fingerprint density at radius 1 is 1.25 bits per heavy atom. The average molecular weight is 296 g/mol. The first-order valence-corrected chi connectivity index (χ1v) is 6.56. The molecular formula is C13H15ClFN5. The third-order valence-electron chi connectivity index (χ3n) is 2.52. The molecule has 0 spiro atoms. The largest absolute Gasteiger partial charge is 0.369 e. The predicted octanol–water partition coefficient (Wildman–Crippen LogP) is 2.77. The van der Waals surface area contributed by atoms with Crippen molar-refractivity contribution < 1.29 is 4.39 Å². The van der Waals surface area contributed by atoms with Crippen LogP contribution in [0.1, 0.15) is 6.42 Å². The van der Waals surface area contributed by atoms with Gasteiger partial charge in [0.15, 0.2) is 0 Å². The Labute approximate surface area is 121 Å². The summed E-state index contributed by atoms with van der Waals surface area (Å²) in [4.78, 5) is 8.33. The summed E-state index contributed by atoms with van der Waals surface area (Å²) < 4.78 is 12.8. The molecule has 106 valence electrons. The Balaban J connectivity index is 2.08. The first-order chi connectivity index (χ1) is 9.69. The van der Waals surface area contributed by atoms with Crippen LogP contribution in [0.3, 0.4) is 0 Å². The van der Waals surface area contributed by atoms with Crippen molar-refractivity contribution in [2.24, 2.45) is 5.73 Å². The zero-order chi connectivity index (χ0) is 14.4. The normalized spacial score (nSPS) is 10.3. The average Bonchev–Trinajstić information content (AvgIpc) is 2.45. The van der Waals surface area contributed by atoms with Crippen LogP contribution in [0.25, 0.3) is 0 Å². The van der Waals surface area contributed by atoms with Crippen molar-refractivity contribution >= 4 is 29.1 Å². The fraction of sp³-hybridized carbons (Fsp3) is 0.231. The number of hydrogen-bond acceptors (Lipinski definition) is 5. The van der Waals surface area contributed by atoms with Crippen molar-refractivity contribution in [3.8, 4) is 0 Å². The Bertz CT molecular complexity index is 561. The van der Waals surface area contributed by atoms with Crippen molar-refractivity contribution in [3.63, 3.8) is 0 Å². The van der Waals surface area contributed by atoms with E-state index in [0.717, 1.165) is 6.42 Å². The molecule has 5 nitrogen and oxygen atoms in total. The Kier molecular flexibility index (Phi) is 5.09. The highest BCUT2D eigenvalue weighted by atomic mass is 35.5. The third kappa shape index (κ3) is 4.04. The van der Waals surface area contributed by atoms with Crippen molar-refractivity contribution in [1.82, 2.24) is 9.97 Å². The number of benzene rings is 1. The summed E-state index contributed by atoms with van der Waals surface area (Å²) in [6.07, 6.45) is 2.33. The van der Waals surface area contributed by atoms with Crippen LogP contribution >= 0.6 is 11.6 Å². The second kappa shape index (κ2) is 7.02. The molecular weight excluding hydrogens is 281 g/mol. The van der Waals surface area contributed by atoms with E-state index in [9.17, 15) is 4.39 Å². The van der Waals surface area contributed by atoms with E-state index in [1.165, 1.54) is 18.3 Å². The molecule has 20 heavy (non-hydrogen) atoms. The number of anilines is 3. The molecule has 0 radical (unpaired) electrons. The van der Waals surface area contributed by atoms with Crippen LogP contribution in [0.5, 0.6) is 0 Å². The third-order valence-corrected chi connectivity index (χ3v) is 2.79.